The highest BCUT2D eigenvalue weighted by molar-refractivity contribution is 14.0. The molecule has 0 heterocycles. The fourth-order valence-electron chi connectivity index (χ4n) is 1.84. The molecule has 0 amide bonds. The molecule has 0 radical (unpaired) electrons. The topological polar surface area (TPSA) is 54.9 Å². The van der Waals surface area contributed by atoms with Crippen molar-refractivity contribution in [3.63, 3.8) is 0 Å². The first-order valence-electron chi connectivity index (χ1n) is 7.67. The number of alkyl halides is 2. The molecule has 0 fully saturated rings. The van der Waals surface area contributed by atoms with Crippen LogP contribution < -0.4 is 15.4 Å². The highest BCUT2D eigenvalue weighted by Gasteiger charge is 2.04. The number of ether oxygens (including phenoxy) is 2. The van der Waals surface area contributed by atoms with E-state index in [2.05, 4.69) is 15.6 Å². The van der Waals surface area contributed by atoms with Crippen molar-refractivity contribution in [1.29, 1.82) is 0 Å². The smallest absolute Gasteiger partial charge is 0.272 e. The summed E-state index contributed by atoms with van der Waals surface area (Å²) in [5.74, 6) is 1.12. The van der Waals surface area contributed by atoms with E-state index in [4.69, 9.17) is 9.47 Å². The van der Waals surface area contributed by atoms with E-state index in [0.29, 0.717) is 24.9 Å². The normalized spacial score (nSPS) is 11.1. The van der Waals surface area contributed by atoms with Gasteiger partial charge in [-0.3, -0.25) is 4.99 Å². The van der Waals surface area contributed by atoms with Gasteiger partial charge in [-0.25, -0.2) is 8.78 Å². The zero-order valence-electron chi connectivity index (χ0n) is 14.1. The van der Waals surface area contributed by atoms with Crippen LogP contribution in [0.3, 0.4) is 0 Å². The number of hydrogen-bond acceptors (Lipinski definition) is 3. The predicted molar refractivity (Wildman–Crippen MR) is 103 cm³/mol. The van der Waals surface area contributed by atoms with Crippen LogP contribution in [0.15, 0.2) is 29.3 Å². The van der Waals surface area contributed by atoms with E-state index in [1.807, 2.05) is 13.0 Å². The van der Waals surface area contributed by atoms with E-state index < -0.39 is 13.0 Å². The van der Waals surface area contributed by atoms with Crippen molar-refractivity contribution in [2.45, 2.75) is 26.3 Å². The molecule has 0 saturated heterocycles. The summed E-state index contributed by atoms with van der Waals surface area (Å²) in [6.45, 7) is 4.09. The third-order valence-corrected chi connectivity index (χ3v) is 2.92. The molecule has 0 unspecified atom stereocenters. The number of nitrogens with zero attached hydrogens (tertiary/aromatic N) is 1. The van der Waals surface area contributed by atoms with Gasteiger partial charge in [0.05, 0.1) is 0 Å². The van der Waals surface area contributed by atoms with Gasteiger partial charge in [0.2, 0.25) is 0 Å². The van der Waals surface area contributed by atoms with Crippen molar-refractivity contribution in [3.8, 4) is 5.75 Å². The lowest BCUT2D eigenvalue weighted by atomic mass is 10.2. The second-order valence-electron chi connectivity index (χ2n) is 4.75. The summed E-state index contributed by atoms with van der Waals surface area (Å²) in [7, 11) is 1.69. The summed E-state index contributed by atoms with van der Waals surface area (Å²) >= 11 is 0. The minimum Gasteiger partial charge on any atom is -0.488 e. The van der Waals surface area contributed by atoms with Crippen molar-refractivity contribution in [2.24, 2.45) is 4.99 Å². The largest absolute Gasteiger partial charge is 0.488 e. The molecule has 1 aromatic rings. The lowest BCUT2D eigenvalue weighted by Gasteiger charge is -2.12. The average molecular weight is 457 g/mol. The number of nitrogens with one attached hydrogen (secondary N) is 2. The number of rotatable bonds is 10. The lowest BCUT2D eigenvalue weighted by molar-refractivity contribution is 0.0818. The highest BCUT2D eigenvalue weighted by atomic mass is 127. The molecule has 0 aliphatic carbocycles. The first-order valence-corrected chi connectivity index (χ1v) is 7.67. The van der Waals surface area contributed by atoms with Gasteiger partial charge in [0, 0.05) is 33.4 Å². The number of guanidine groups is 1. The first kappa shape index (κ1) is 22.8. The fourth-order valence-corrected chi connectivity index (χ4v) is 1.84. The average Bonchev–Trinajstić information content (AvgIpc) is 2.56. The van der Waals surface area contributed by atoms with Crippen molar-refractivity contribution in [1.82, 2.24) is 10.6 Å². The van der Waals surface area contributed by atoms with Gasteiger partial charge in [0.1, 0.15) is 12.4 Å². The van der Waals surface area contributed by atoms with E-state index >= 15 is 0 Å². The zero-order valence-corrected chi connectivity index (χ0v) is 16.4. The van der Waals surface area contributed by atoms with Gasteiger partial charge < -0.3 is 20.1 Å². The Morgan fingerprint density at radius 1 is 1.29 bits per heavy atom. The minimum atomic E-state index is -2.48. The lowest BCUT2D eigenvalue weighted by Crippen LogP contribution is -2.37. The van der Waals surface area contributed by atoms with Crippen LogP contribution in [0.5, 0.6) is 5.75 Å². The van der Waals surface area contributed by atoms with Crippen LogP contribution in [-0.2, 0) is 11.3 Å². The summed E-state index contributed by atoms with van der Waals surface area (Å²) in [6, 6.07) is 7.06. The van der Waals surface area contributed by atoms with Crippen LogP contribution in [0.1, 0.15) is 18.9 Å². The standard InChI is InChI=1S/C16H25F2N3O2.HI/c1-3-22-9-5-8-20-16(19-2)21-11-13-6-4-7-14(10-13)23-12-15(17)18;/h4,6-7,10,15H,3,5,8-9,11-12H2,1-2H3,(H2,19,20,21);1H. The predicted octanol–water partition coefficient (Wildman–Crippen LogP) is 3.04. The maximum Gasteiger partial charge on any atom is 0.272 e. The van der Waals surface area contributed by atoms with Gasteiger partial charge in [-0.15, -0.1) is 24.0 Å². The van der Waals surface area contributed by atoms with Crippen LogP contribution >= 0.6 is 24.0 Å². The third kappa shape index (κ3) is 10.6. The monoisotopic (exact) mass is 457 g/mol. The van der Waals surface area contributed by atoms with Crippen LogP contribution in [0.25, 0.3) is 0 Å². The molecule has 2 N–H and O–H groups in total. The van der Waals surface area contributed by atoms with E-state index in [9.17, 15) is 8.78 Å². The second kappa shape index (κ2) is 14.2. The van der Waals surface area contributed by atoms with E-state index in [1.54, 1.807) is 25.2 Å². The van der Waals surface area contributed by atoms with Crippen LogP contribution in [0.4, 0.5) is 8.78 Å². The minimum absolute atomic E-state index is 0. The SMILES string of the molecule is CCOCCCNC(=NC)NCc1cccc(OCC(F)F)c1.I. The Balaban J connectivity index is 0.00000529. The van der Waals surface area contributed by atoms with E-state index in [1.165, 1.54) is 0 Å². The molecule has 8 heteroatoms. The van der Waals surface area contributed by atoms with Gasteiger partial charge in [0.25, 0.3) is 6.43 Å². The Morgan fingerprint density at radius 3 is 2.75 bits per heavy atom. The summed E-state index contributed by atoms with van der Waals surface area (Å²) in [5.41, 5.74) is 0.925. The van der Waals surface area contributed by atoms with Gasteiger partial charge in [-0.1, -0.05) is 12.1 Å². The Labute approximate surface area is 159 Å². The van der Waals surface area contributed by atoms with Crippen molar-refractivity contribution in [2.75, 3.05) is 33.4 Å². The molecule has 0 atom stereocenters. The van der Waals surface area contributed by atoms with Gasteiger partial charge in [-0.05, 0) is 31.0 Å². The van der Waals surface area contributed by atoms with Crippen molar-refractivity contribution in [3.05, 3.63) is 29.8 Å². The van der Waals surface area contributed by atoms with Crippen molar-refractivity contribution < 1.29 is 18.3 Å². The first-order chi connectivity index (χ1) is 11.2. The molecule has 0 aromatic heterocycles. The van der Waals surface area contributed by atoms with Crippen LogP contribution in [0.2, 0.25) is 0 Å². The Bertz CT molecular complexity index is 476. The van der Waals surface area contributed by atoms with Gasteiger partial charge in [0.15, 0.2) is 5.96 Å². The van der Waals surface area contributed by atoms with E-state index in [0.717, 1.165) is 25.1 Å². The summed E-state index contributed by atoms with van der Waals surface area (Å²) in [6.07, 6.45) is -1.58. The maximum atomic E-state index is 12.1. The number of hydrogen-bond donors (Lipinski definition) is 2. The molecule has 0 aliphatic rings. The van der Waals surface area contributed by atoms with Gasteiger partial charge >= 0.3 is 0 Å². The number of aliphatic imine (C=N–C) groups is 1. The molecule has 138 valence electrons. The van der Waals surface area contributed by atoms with Crippen LogP contribution in [0, 0.1) is 0 Å². The quantitative estimate of drug-likeness (QED) is 0.246. The van der Waals surface area contributed by atoms with Gasteiger partial charge in [-0.2, -0.15) is 0 Å². The summed E-state index contributed by atoms with van der Waals surface area (Å²) in [5, 5.41) is 6.34. The third-order valence-electron chi connectivity index (χ3n) is 2.92. The molecule has 0 bridgehead atoms. The Kier molecular flexibility index (Phi) is 13.5. The highest BCUT2D eigenvalue weighted by Crippen LogP contribution is 2.14. The summed E-state index contributed by atoms with van der Waals surface area (Å²) in [4.78, 5) is 4.13. The number of halogens is 3. The number of benzene rings is 1. The zero-order chi connectivity index (χ0) is 16.9. The van der Waals surface area contributed by atoms with Crippen molar-refractivity contribution >= 4 is 29.9 Å². The molecular weight excluding hydrogens is 431 g/mol. The molecule has 5 nitrogen and oxygen atoms in total. The summed E-state index contributed by atoms with van der Waals surface area (Å²) < 4.78 is 34.6. The molecule has 24 heavy (non-hydrogen) atoms. The fraction of sp³-hybridized carbons (Fsp3) is 0.562. The maximum absolute atomic E-state index is 12.1. The molecule has 0 aliphatic heterocycles. The molecule has 0 spiro atoms. The Morgan fingerprint density at radius 2 is 2.08 bits per heavy atom. The second-order valence-corrected chi connectivity index (χ2v) is 4.75. The Hall–Kier alpha value is -1.16. The molecule has 0 saturated carbocycles. The van der Waals surface area contributed by atoms with E-state index in [-0.39, 0.29) is 24.0 Å². The molecule has 1 rings (SSSR count). The van der Waals surface area contributed by atoms with Crippen LogP contribution in [-0.4, -0.2) is 45.8 Å². The molecule has 1 aromatic carbocycles. The molecular formula is C16H26F2IN3O2.